The Balaban J connectivity index is 0.00000220. The molecule has 0 spiro atoms. The summed E-state index contributed by atoms with van der Waals surface area (Å²) in [6, 6.07) is 4.50. The average Bonchev–Trinajstić information content (AvgIpc) is 2.94. The summed E-state index contributed by atoms with van der Waals surface area (Å²) in [5.74, 6) is 0.812. The molecule has 3 atom stereocenters. The van der Waals surface area contributed by atoms with Crippen molar-refractivity contribution in [2.75, 3.05) is 19.6 Å². The molecule has 1 fully saturated rings. The molecule has 3 unspecified atom stereocenters. The minimum Gasteiger partial charge on any atom is -0.348 e. The van der Waals surface area contributed by atoms with Gasteiger partial charge in [0.05, 0.1) is 12.6 Å². The summed E-state index contributed by atoms with van der Waals surface area (Å²) >= 11 is 1.68. The van der Waals surface area contributed by atoms with E-state index >= 15 is 0 Å². The molecule has 120 valence electrons. The Hall–Kier alpha value is -0.620. The molecule has 1 aromatic rings. The number of halogens is 1. The van der Waals surface area contributed by atoms with Crippen LogP contribution in [-0.2, 0) is 4.79 Å². The molecule has 0 aliphatic carbocycles. The lowest BCUT2D eigenvalue weighted by Crippen LogP contribution is -2.50. The first-order valence-electron chi connectivity index (χ1n) is 7.37. The Morgan fingerprint density at radius 1 is 1.62 bits per heavy atom. The lowest BCUT2D eigenvalue weighted by atomic mass is 9.92. The van der Waals surface area contributed by atoms with Crippen LogP contribution in [0.1, 0.15) is 37.6 Å². The van der Waals surface area contributed by atoms with E-state index in [9.17, 15) is 4.79 Å². The maximum atomic E-state index is 12.2. The molecule has 0 radical (unpaired) electrons. The quantitative estimate of drug-likeness (QED) is 0.871. The van der Waals surface area contributed by atoms with Crippen LogP contribution in [0, 0.1) is 5.92 Å². The number of hydrogen-bond donors (Lipinski definition) is 2. The monoisotopic (exact) mass is 331 g/mol. The highest BCUT2D eigenvalue weighted by Gasteiger charge is 2.27. The predicted molar refractivity (Wildman–Crippen MR) is 90.9 cm³/mol. The molecule has 2 heterocycles. The highest BCUT2D eigenvalue weighted by Crippen LogP contribution is 2.22. The molecule has 1 aromatic heterocycles. The fourth-order valence-corrected chi connectivity index (χ4v) is 3.57. The van der Waals surface area contributed by atoms with Crippen LogP contribution in [0.4, 0.5) is 0 Å². The van der Waals surface area contributed by atoms with Crippen molar-refractivity contribution >= 4 is 29.7 Å². The van der Waals surface area contributed by atoms with Gasteiger partial charge in [0, 0.05) is 17.5 Å². The molecule has 6 heteroatoms. The van der Waals surface area contributed by atoms with Gasteiger partial charge in [-0.3, -0.25) is 9.69 Å². The topological polar surface area (TPSA) is 58.4 Å². The van der Waals surface area contributed by atoms with Gasteiger partial charge in [0.1, 0.15) is 0 Å². The molecule has 0 bridgehead atoms. The maximum Gasteiger partial charge on any atom is 0.234 e. The van der Waals surface area contributed by atoms with E-state index in [1.165, 1.54) is 4.88 Å². The third kappa shape index (κ3) is 5.25. The van der Waals surface area contributed by atoms with Gasteiger partial charge in [0.15, 0.2) is 0 Å². The summed E-state index contributed by atoms with van der Waals surface area (Å²) in [6.07, 6.45) is 2.26. The molecule has 1 aliphatic rings. The van der Waals surface area contributed by atoms with E-state index in [-0.39, 0.29) is 24.4 Å². The van der Waals surface area contributed by atoms with Gasteiger partial charge in [-0.15, -0.1) is 23.7 Å². The van der Waals surface area contributed by atoms with E-state index in [2.05, 4.69) is 23.2 Å². The van der Waals surface area contributed by atoms with Gasteiger partial charge in [-0.25, -0.2) is 0 Å². The van der Waals surface area contributed by atoms with Crippen LogP contribution in [-0.4, -0.2) is 36.5 Å². The zero-order valence-corrected chi connectivity index (χ0v) is 14.4. The molecular formula is C15H26ClN3OS. The van der Waals surface area contributed by atoms with Crippen LogP contribution in [0.2, 0.25) is 0 Å². The van der Waals surface area contributed by atoms with Crippen molar-refractivity contribution in [1.29, 1.82) is 0 Å². The van der Waals surface area contributed by atoms with Crippen molar-refractivity contribution in [2.24, 2.45) is 11.7 Å². The number of amides is 1. The van der Waals surface area contributed by atoms with Gasteiger partial charge in [-0.05, 0) is 43.7 Å². The van der Waals surface area contributed by atoms with Crippen LogP contribution in [0.3, 0.4) is 0 Å². The van der Waals surface area contributed by atoms with Gasteiger partial charge in [0.25, 0.3) is 0 Å². The van der Waals surface area contributed by atoms with Crippen molar-refractivity contribution < 1.29 is 4.79 Å². The smallest absolute Gasteiger partial charge is 0.234 e. The van der Waals surface area contributed by atoms with Crippen LogP contribution in [0.15, 0.2) is 17.5 Å². The second-order valence-electron chi connectivity index (χ2n) is 5.79. The Kier molecular flexibility index (Phi) is 7.66. The predicted octanol–water partition coefficient (Wildman–Crippen LogP) is 2.41. The first-order chi connectivity index (χ1) is 9.60. The first kappa shape index (κ1) is 18.4. The van der Waals surface area contributed by atoms with E-state index in [0.29, 0.717) is 25.0 Å². The zero-order valence-electron chi connectivity index (χ0n) is 12.7. The summed E-state index contributed by atoms with van der Waals surface area (Å²) in [7, 11) is 0. The van der Waals surface area contributed by atoms with E-state index in [1.54, 1.807) is 11.3 Å². The first-order valence-corrected chi connectivity index (χ1v) is 8.25. The highest BCUT2D eigenvalue weighted by molar-refractivity contribution is 7.10. The van der Waals surface area contributed by atoms with Crippen molar-refractivity contribution in [3.05, 3.63) is 22.4 Å². The van der Waals surface area contributed by atoms with E-state index in [0.717, 1.165) is 19.4 Å². The van der Waals surface area contributed by atoms with Crippen molar-refractivity contribution in [3.8, 4) is 0 Å². The summed E-state index contributed by atoms with van der Waals surface area (Å²) < 4.78 is 0. The number of hydrogen-bond acceptors (Lipinski definition) is 4. The number of rotatable bonds is 5. The summed E-state index contributed by atoms with van der Waals surface area (Å²) in [6.45, 7) is 6.37. The van der Waals surface area contributed by atoms with Crippen molar-refractivity contribution in [2.45, 2.75) is 38.8 Å². The van der Waals surface area contributed by atoms with E-state index in [4.69, 9.17) is 5.73 Å². The Labute approximate surface area is 137 Å². The Morgan fingerprint density at radius 3 is 3.00 bits per heavy atom. The minimum absolute atomic E-state index is 0. The summed E-state index contributed by atoms with van der Waals surface area (Å²) in [4.78, 5) is 15.6. The molecule has 1 saturated heterocycles. The summed E-state index contributed by atoms with van der Waals surface area (Å²) in [5.41, 5.74) is 5.84. The number of piperidine rings is 1. The highest BCUT2D eigenvalue weighted by atomic mass is 35.5. The Morgan fingerprint density at radius 2 is 2.38 bits per heavy atom. The van der Waals surface area contributed by atoms with Gasteiger partial charge in [-0.1, -0.05) is 13.0 Å². The second kappa shape index (κ2) is 8.73. The van der Waals surface area contributed by atoms with E-state index < -0.39 is 0 Å². The van der Waals surface area contributed by atoms with Crippen molar-refractivity contribution in [1.82, 2.24) is 10.2 Å². The number of nitrogens with zero attached hydrogens (tertiary/aromatic N) is 1. The number of carbonyl (C=O) groups is 1. The van der Waals surface area contributed by atoms with Gasteiger partial charge < -0.3 is 11.1 Å². The molecule has 2 rings (SSSR count). The van der Waals surface area contributed by atoms with Gasteiger partial charge in [0.2, 0.25) is 5.91 Å². The zero-order chi connectivity index (χ0) is 14.5. The normalized spacial score (nSPS) is 24.1. The average molecular weight is 332 g/mol. The largest absolute Gasteiger partial charge is 0.348 e. The molecule has 4 nitrogen and oxygen atoms in total. The second-order valence-corrected chi connectivity index (χ2v) is 6.77. The van der Waals surface area contributed by atoms with Crippen LogP contribution >= 0.6 is 23.7 Å². The van der Waals surface area contributed by atoms with Crippen LogP contribution < -0.4 is 11.1 Å². The van der Waals surface area contributed by atoms with Crippen molar-refractivity contribution in [3.63, 3.8) is 0 Å². The van der Waals surface area contributed by atoms with Gasteiger partial charge in [-0.2, -0.15) is 0 Å². The standard InChI is InChI=1S/C15H25N3OS.ClH/c1-11-5-6-18(13(8-11)9-16)10-15(19)17-12(2)14-4-3-7-20-14;/h3-4,7,11-13H,5-6,8-10,16H2,1-2H3,(H,17,19);1H. The minimum atomic E-state index is 0. The number of nitrogens with one attached hydrogen (secondary N) is 1. The SMILES string of the molecule is CC1CCN(CC(=O)NC(C)c2cccs2)C(CN)C1.Cl. The lowest BCUT2D eigenvalue weighted by molar-refractivity contribution is -0.123. The molecule has 1 amide bonds. The third-order valence-corrected chi connectivity index (χ3v) is 5.12. The third-order valence-electron chi connectivity index (χ3n) is 4.07. The van der Waals surface area contributed by atoms with Crippen LogP contribution in [0.25, 0.3) is 0 Å². The number of nitrogens with two attached hydrogens (primary N) is 1. The molecule has 0 saturated carbocycles. The number of carbonyl (C=O) groups excluding carboxylic acids is 1. The maximum absolute atomic E-state index is 12.2. The van der Waals surface area contributed by atoms with Crippen LogP contribution in [0.5, 0.6) is 0 Å². The molecule has 1 aliphatic heterocycles. The van der Waals surface area contributed by atoms with Gasteiger partial charge >= 0.3 is 0 Å². The van der Waals surface area contributed by atoms with E-state index in [1.807, 2.05) is 18.4 Å². The molecule has 3 N–H and O–H groups in total. The molecular weight excluding hydrogens is 306 g/mol. The molecule has 21 heavy (non-hydrogen) atoms. The number of likely N-dealkylation sites (tertiary alicyclic amines) is 1. The number of thiophene rings is 1. The lowest BCUT2D eigenvalue weighted by Gasteiger charge is -2.37. The fourth-order valence-electron chi connectivity index (χ4n) is 2.83. The fraction of sp³-hybridized carbons (Fsp3) is 0.667. The summed E-state index contributed by atoms with van der Waals surface area (Å²) in [5, 5.41) is 5.11. The molecule has 0 aromatic carbocycles. The Bertz CT molecular complexity index is 427.